The van der Waals surface area contributed by atoms with Gasteiger partial charge in [-0.25, -0.2) is 9.97 Å². The number of nitrogens with two attached hydrogens (primary N) is 1. The third-order valence-corrected chi connectivity index (χ3v) is 2.78. The van der Waals surface area contributed by atoms with E-state index in [2.05, 4.69) is 22.2 Å². The molecule has 1 aliphatic rings. The quantitative estimate of drug-likeness (QED) is 0.830. The normalized spacial score (nSPS) is 20.2. The molecule has 1 unspecified atom stereocenters. The molecule has 94 valence electrons. The number of aryl methyl sites for hydroxylation is 1. The van der Waals surface area contributed by atoms with Gasteiger partial charge in [-0.3, -0.25) is 0 Å². The summed E-state index contributed by atoms with van der Waals surface area (Å²) in [6, 6.07) is 2.13. The van der Waals surface area contributed by atoms with Crippen LogP contribution in [0.1, 0.15) is 32.0 Å². The zero-order valence-corrected chi connectivity index (χ0v) is 10.3. The molecule has 0 radical (unpaired) electrons. The van der Waals surface area contributed by atoms with Gasteiger partial charge in [0.05, 0.1) is 12.6 Å². The molecule has 1 aliphatic heterocycles. The lowest BCUT2D eigenvalue weighted by molar-refractivity contribution is 0.0875. The summed E-state index contributed by atoms with van der Waals surface area (Å²) in [7, 11) is 0. The van der Waals surface area contributed by atoms with Crippen LogP contribution in [-0.2, 0) is 11.2 Å². The third kappa shape index (κ3) is 3.56. The first-order chi connectivity index (χ1) is 8.28. The Labute approximate surface area is 102 Å². The van der Waals surface area contributed by atoms with Crippen LogP contribution >= 0.6 is 0 Å². The molecule has 1 saturated heterocycles. The predicted molar refractivity (Wildman–Crippen MR) is 67.9 cm³/mol. The number of anilines is 2. The van der Waals surface area contributed by atoms with Gasteiger partial charge in [0.1, 0.15) is 17.5 Å². The maximum absolute atomic E-state index is 5.77. The number of hydrogen-bond donors (Lipinski definition) is 2. The first-order valence-corrected chi connectivity index (χ1v) is 6.25. The van der Waals surface area contributed by atoms with Crippen molar-refractivity contribution in [2.45, 2.75) is 38.6 Å². The van der Waals surface area contributed by atoms with Crippen LogP contribution in [0.15, 0.2) is 6.07 Å². The molecule has 0 aliphatic carbocycles. The van der Waals surface area contributed by atoms with Gasteiger partial charge in [-0.05, 0) is 19.3 Å². The standard InChI is InChI=1S/C12H20N4O/c1-2-4-11-15-10(13)7-12(16-11)14-9-5-3-6-17-8-9/h7,9H,2-6,8H2,1H3,(H3,13,14,15,16). The maximum atomic E-state index is 5.77. The zero-order chi connectivity index (χ0) is 12.1. The van der Waals surface area contributed by atoms with Crippen LogP contribution in [0.2, 0.25) is 0 Å². The Morgan fingerprint density at radius 2 is 2.41 bits per heavy atom. The molecule has 1 fully saturated rings. The van der Waals surface area contributed by atoms with E-state index in [4.69, 9.17) is 10.5 Å². The summed E-state index contributed by atoms with van der Waals surface area (Å²) in [5.74, 6) is 2.16. The van der Waals surface area contributed by atoms with Crippen LogP contribution < -0.4 is 11.1 Å². The maximum Gasteiger partial charge on any atom is 0.133 e. The van der Waals surface area contributed by atoms with Gasteiger partial charge in [0.25, 0.3) is 0 Å². The molecule has 5 heteroatoms. The fourth-order valence-electron chi connectivity index (χ4n) is 1.99. The molecule has 0 saturated carbocycles. The topological polar surface area (TPSA) is 73.1 Å². The average Bonchev–Trinajstić information content (AvgIpc) is 2.30. The van der Waals surface area contributed by atoms with Crippen LogP contribution in [0, 0.1) is 0 Å². The Morgan fingerprint density at radius 1 is 1.53 bits per heavy atom. The molecule has 5 nitrogen and oxygen atoms in total. The number of nitrogen functional groups attached to an aromatic ring is 1. The second-order valence-corrected chi connectivity index (χ2v) is 4.40. The van der Waals surface area contributed by atoms with Crippen LogP contribution in [0.5, 0.6) is 0 Å². The molecule has 0 bridgehead atoms. The van der Waals surface area contributed by atoms with Crippen molar-refractivity contribution in [3.05, 3.63) is 11.9 Å². The van der Waals surface area contributed by atoms with Crippen LogP contribution in [-0.4, -0.2) is 29.2 Å². The second-order valence-electron chi connectivity index (χ2n) is 4.40. The van der Waals surface area contributed by atoms with Crippen molar-refractivity contribution in [2.24, 2.45) is 0 Å². The summed E-state index contributed by atoms with van der Waals surface area (Å²) in [5, 5.41) is 3.36. The van der Waals surface area contributed by atoms with Crippen molar-refractivity contribution in [1.82, 2.24) is 9.97 Å². The predicted octanol–water partition coefficient (Wildman–Crippen LogP) is 1.60. The Morgan fingerprint density at radius 3 is 3.12 bits per heavy atom. The van der Waals surface area contributed by atoms with Crippen molar-refractivity contribution in [2.75, 3.05) is 24.3 Å². The first kappa shape index (κ1) is 12.1. The molecule has 2 heterocycles. The van der Waals surface area contributed by atoms with E-state index < -0.39 is 0 Å². The Kier molecular flexibility index (Phi) is 4.14. The summed E-state index contributed by atoms with van der Waals surface area (Å²) in [6.07, 6.45) is 4.10. The zero-order valence-electron chi connectivity index (χ0n) is 10.3. The lowest BCUT2D eigenvalue weighted by Gasteiger charge is -2.23. The third-order valence-electron chi connectivity index (χ3n) is 2.78. The summed E-state index contributed by atoms with van der Waals surface area (Å²) < 4.78 is 5.43. The number of hydrogen-bond acceptors (Lipinski definition) is 5. The minimum Gasteiger partial charge on any atom is -0.384 e. The minimum absolute atomic E-state index is 0.340. The summed E-state index contributed by atoms with van der Waals surface area (Å²) >= 11 is 0. The number of aromatic nitrogens is 2. The molecule has 3 N–H and O–H groups in total. The SMILES string of the molecule is CCCc1nc(N)cc(NC2CCCOC2)n1. The highest BCUT2D eigenvalue weighted by molar-refractivity contribution is 5.45. The number of nitrogens with one attached hydrogen (secondary N) is 1. The largest absolute Gasteiger partial charge is 0.384 e. The van der Waals surface area contributed by atoms with Gasteiger partial charge < -0.3 is 15.8 Å². The Hall–Kier alpha value is -1.36. The highest BCUT2D eigenvalue weighted by Crippen LogP contribution is 2.15. The molecule has 2 rings (SSSR count). The molecule has 17 heavy (non-hydrogen) atoms. The molecule has 0 aromatic carbocycles. The van der Waals surface area contributed by atoms with E-state index in [1.807, 2.05) is 0 Å². The van der Waals surface area contributed by atoms with Gasteiger partial charge >= 0.3 is 0 Å². The van der Waals surface area contributed by atoms with E-state index in [9.17, 15) is 0 Å². The lowest BCUT2D eigenvalue weighted by Crippen LogP contribution is -2.30. The van der Waals surface area contributed by atoms with Gasteiger partial charge in [-0.2, -0.15) is 0 Å². The second kappa shape index (κ2) is 5.82. The van der Waals surface area contributed by atoms with Crippen molar-refractivity contribution in [3.63, 3.8) is 0 Å². The molecular formula is C12H20N4O. The van der Waals surface area contributed by atoms with E-state index in [1.54, 1.807) is 6.07 Å². The van der Waals surface area contributed by atoms with E-state index in [0.717, 1.165) is 50.5 Å². The van der Waals surface area contributed by atoms with Crippen molar-refractivity contribution in [1.29, 1.82) is 0 Å². The molecular weight excluding hydrogens is 216 g/mol. The molecule has 0 amide bonds. The monoisotopic (exact) mass is 236 g/mol. The number of ether oxygens (including phenoxy) is 1. The number of rotatable bonds is 4. The van der Waals surface area contributed by atoms with Crippen LogP contribution in [0.25, 0.3) is 0 Å². The highest BCUT2D eigenvalue weighted by Gasteiger charge is 2.14. The van der Waals surface area contributed by atoms with Crippen molar-refractivity contribution in [3.8, 4) is 0 Å². The van der Waals surface area contributed by atoms with E-state index >= 15 is 0 Å². The van der Waals surface area contributed by atoms with Gasteiger partial charge in [-0.15, -0.1) is 0 Å². The summed E-state index contributed by atoms with van der Waals surface area (Å²) in [6.45, 7) is 3.72. The molecule has 1 atom stereocenters. The van der Waals surface area contributed by atoms with Gasteiger partial charge in [0, 0.05) is 19.1 Å². The van der Waals surface area contributed by atoms with Crippen LogP contribution in [0.3, 0.4) is 0 Å². The van der Waals surface area contributed by atoms with E-state index in [-0.39, 0.29) is 0 Å². The average molecular weight is 236 g/mol. The molecule has 0 spiro atoms. The number of nitrogens with zero attached hydrogens (tertiary/aromatic N) is 2. The summed E-state index contributed by atoms with van der Waals surface area (Å²) in [4.78, 5) is 8.67. The lowest BCUT2D eigenvalue weighted by atomic mass is 10.1. The first-order valence-electron chi connectivity index (χ1n) is 6.25. The molecule has 1 aromatic rings. The van der Waals surface area contributed by atoms with E-state index in [0.29, 0.717) is 11.9 Å². The van der Waals surface area contributed by atoms with Crippen molar-refractivity contribution < 1.29 is 4.74 Å². The van der Waals surface area contributed by atoms with Crippen molar-refractivity contribution >= 4 is 11.6 Å². The van der Waals surface area contributed by atoms with Gasteiger partial charge in [-0.1, -0.05) is 6.92 Å². The fourth-order valence-corrected chi connectivity index (χ4v) is 1.99. The smallest absolute Gasteiger partial charge is 0.133 e. The van der Waals surface area contributed by atoms with Gasteiger partial charge in [0.15, 0.2) is 0 Å². The Balaban J connectivity index is 2.03. The Bertz CT molecular complexity index is 364. The summed E-state index contributed by atoms with van der Waals surface area (Å²) in [5.41, 5.74) is 5.77. The highest BCUT2D eigenvalue weighted by atomic mass is 16.5. The van der Waals surface area contributed by atoms with Gasteiger partial charge in [0.2, 0.25) is 0 Å². The minimum atomic E-state index is 0.340. The van der Waals surface area contributed by atoms with E-state index in [1.165, 1.54) is 0 Å². The molecule has 1 aromatic heterocycles. The fraction of sp³-hybridized carbons (Fsp3) is 0.667. The van der Waals surface area contributed by atoms with Crippen LogP contribution in [0.4, 0.5) is 11.6 Å².